The van der Waals surface area contributed by atoms with E-state index < -0.39 is 7.04 Å². The van der Waals surface area contributed by atoms with E-state index in [0.717, 1.165) is 13.1 Å². The highest BCUT2D eigenvalue weighted by Crippen LogP contribution is 2.39. The highest BCUT2D eigenvalue weighted by Gasteiger charge is 2.06. The minimum Gasteiger partial charge on any atom is -0.285 e. The molecule has 0 spiro atoms. The highest BCUT2D eigenvalue weighted by molar-refractivity contribution is 7.70. The molecule has 0 heterocycles. The molecule has 0 rings (SSSR count). The van der Waals surface area contributed by atoms with Gasteiger partial charge in [-0.3, -0.25) is 4.67 Å². The van der Waals surface area contributed by atoms with Gasteiger partial charge in [0.05, 0.1) is 0 Å². The molecule has 0 aliphatic rings. The molecule has 0 aromatic carbocycles. The third-order valence-electron chi connectivity index (χ3n) is 1.50. The van der Waals surface area contributed by atoms with Crippen LogP contribution in [-0.4, -0.2) is 37.4 Å². The van der Waals surface area contributed by atoms with Gasteiger partial charge in [0.1, 0.15) is 0 Å². The van der Waals surface area contributed by atoms with Gasteiger partial charge >= 0.3 is 0 Å². The van der Waals surface area contributed by atoms with Crippen molar-refractivity contribution in [2.45, 2.75) is 13.8 Å². The predicted octanol–water partition coefficient (Wildman–Crippen LogP) is 1.95. The SMILES string of the molecule is C=P(C)(C)N(CC)CC. The second-order valence-electron chi connectivity index (χ2n) is 2.76. The molecule has 0 N–H and O–H groups in total. The van der Waals surface area contributed by atoms with E-state index in [9.17, 15) is 0 Å². The van der Waals surface area contributed by atoms with E-state index in [-0.39, 0.29) is 0 Å². The standard InChI is InChI=1S/C7H18NP/c1-6-8(7-2)9(3,4)5/h3,6-7H2,1-2,4-5H3. The van der Waals surface area contributed by atoms with Crippen molar-refractivity contribution < 1.29 is 0 Å². The van der Waals surface area contributed by atoms with Crippen LogP contribution in [0.3, 0.4) is 0 Å². The van der Waals surface area contributed by atoms with E-state index in [1.165, 1.54) is 0 Å². The summed E-state index contributed by atoms with van der Waals surface area (Å²) in [6, 6.07) is 0. The Bertz CT molecular complexity index is 110. The first-order valence-electron chi connectivity index (χ1n) is 3.46. The average Bonchev–Trinajstić information content (AvgIpc) is 1.65. The van der Waals surface area contributed by atoms with Crippen LogP contribution in [0.25, 0.3) is 0 Å². The van der Waals surface area contributed by atoms with Crippen molar-refractivity contribution in [2.24, 2.45) is 0 Å². The maximum atomic E-state index is 4.15. The molecule has 9 heavy (non-hydrogen) atoms. The van der Waals surface area contributed by atoms with Crippen molar-refractivity contribution in [1.82, 2.24) is 4.67 Å². The Morgan fingerprint density at radius 3 is 1.56 bits per heavy atom. The van der Waals surface area contributed by atoms with E-state index >= 15 is 0 Å². The maximum absolute atomic E-state index is 4.15. The van der Waals surface area contributed by atoms with Gasteiger partial charge in [-0.25, -0.2) is 0 Å². The lowest BCUT2D eigenvalue weighted by atomic mass is 10.7. The summed E-state index contributed by atoms with van der Waals surface area (Å²) < 4.78 is 2.44. The quantitative estimate of drug-likeness (QED) is 0.551. The molecule has 2 heteroatoms. The van der Waals surface area contributed by atoms with Crippen LogP contribution in [0.4, 0.5) is 0 Å². The summed E-state index contributed by atoms with van der Waals surface area (Å²) in [5.74, 6) is 0. The van der Waals surface area contributed by atoms with Crippen LogP contribution in [0.5, 0.6) is 0 Å². The van der Waals surface area contributed by atoms with Gasteiger partial charge < -0.3 is 0 Å². The monoisotopic (exact) mass is 147 g/mol. The summed E-state index contributed by atoms with van der Waals surface area (Å²) in [7, 11) is -0.943. The van der Waals surface area contributed by atoms with Gasteiger partial charge in [-0.2, -0.15) is 0 Å². The molecule has 0 amide bonds. The van der Waals surface area contributed by atoms with Crippen LogP contribution in [-0.2, 0) is 0 Å². The van der Waals surface area contributed by atoms with Crippen LogP contribution < -0.4 is 0 Å². The molecule has 0 atom stereocenters. The number of nitrogens with zero attached hydrogens (tertiary/aromatic N) is 1. The van der Waals surface area contributed by atoms with Gasteiger partial charge in [0.2, 0.25) is 0 Å². The lowest BCUT2D eigenvalue weighted by Gasteiger charge is -2.28. The zero-order chi connectivity index (χ0) is 7.49. The first-order chi connectivity index (χ1) is 4.02. The molecule has 0 aromatic heterocycles. The molecule has 0 saturated heterocycles. The first kappa shape index (κ1) is 9.26. The Balaban J connectivity index is 3.96. The molecule has 56 valence electrons. The normalized spacial score (nSPS) is 12.6. The van der Waals surface area contributed by atoms with Crippen LogP contribution in [0, 0.1) is 0 Å². The van der Waals surface area contributed by atoms with E-state index in [0.29, 0.717) is 0 Å². The van der Waals surface area contributed by atoms with Gasteiger partial charge in [0, 0.05) is 0 Å². The molecule has 0 saturated carbocycles. The summed E-state index contributed by atoms with van der Waals surface area (Å²) in [5.41, 5.74) is 0. The van der Waals surface area contributed by atoms with Gasteiger partial charge in [-0.05, 0) is 26.4 Å². The molecule has 0 aromatic rings. The predicted molar refractivity (Wildman–Crippen MR) is 48.8 cm³/mol. The maximum Gasteiger partial charge on any atom is -0.000874 e. The van der Waals surface area contributed by atoms with Gasteiger partial charge in [0.15, 0.2) is 0 Å². The van der Waals surface area contributed by atoms with E-state index in [2.05, 4.69) is 38.1 Å². The lowest BCUT2D eigenvalue weighted by molar-refractivity contribution is 0.508. The van der Waals surface area contributed by atoms with Crippen molar-refractivity contribution in [1.29, 1.82) is 0 Å². The zero-order valence-electron chi connectivity index (χ0n) is 7.02. The summed E-state index contributed by atoms with van der Waals surface area (Å²) in [5, 5.41) is 0. The number of hydrogen-bond donors (Lipinski definition) is 0. The highest BCUT2D eigenvalue weighted by atomic mass is 31.2. The Kier molecular flexibility index (Phi) is 3.53. The molecule has 0 aliphatic carbocycles. The van der Waals surface area contributed by atoms with Gasteiger partial charge in [-0.1, -0.05) is 27.2 Å². The third kappa shape index (κ3) is 3.07. The largest absolute Gasteiger partial charge is 0.285 e. The second-order valence-corrected chi connectivity index (χ2v) is 6.57. The summed E-state index contributed by atoms with van der Waals surface area (Å²) in [6.07, 6.45) is 4.15. The Morgan fingerprint density at radius 1 is 1.22 bits per heavy atom. The van der Waals surface area contributed by atoms with Crippen molar-refractivity contribution in [3.05, 3.63) is 0 Å². The summed E-state index contributed by atoms with van der Waals surface area (Å²) >= 11 is 0. The Hall–Kier alpha value is 0.260. The van der Waals surface area contributed by atoms with Crippen LogP contribution in [0.2, 0.25) is 0 Å². The summed E-state index contributed by atoms with van der Waals surface area (Å²) in [6.45, 7) is 11.2. The van der Waals surface area contributed by atoms with Crippen molar-refractivity contribution in [3.63, 3.8) is 0 Å². The third-order valence-corrected chi connectivity index (χ3v) is 3.59. The van der Waals surface area contributed by atoms with Crippen molar-refractivity contribution in [3.8, 4) is 0 Å². The molecule has 0 bridgehead atoms. The smallest absolute Gasteiger partial charge is 0.000874 e. The second kappa shape index (κ2) is 3.43. The van der Waals surface area contributed by atoms with E-state index in [1.54, 1.807) is 0 Å². The minimum atomic E-state index is -0.943. The van der Waals surface area contributed by atoms with Crippen molar-refractivity contribution >= 4 is 13.3 Å². The van der Waals surface area contributed by atoms with Crippen LogP contribution in [0.1, 0.15) is 13.8 Å². The molecular weight excluding hydrogens is 129 g/mol. The number of rotatable bonds is 3. The topological polar surface area (TPSA) is 3.24 Å². The minimum absolute atomic E-state index is 0.943. The molecule has 0 radical (unpaired) electrons. The van der Waals surface area contributed by atoms with Gasteiger partial charge in [-0.15, -0.1) is 0 Å². The van der Waals surface area contributed by atoms with E-state index in [1.807, 2.05) is 0 Å². The lowest BCUT2D eigenvalue weighted by Crippen LogP contribution is -2.18. The molecule has 0 fully saturated rings. The zero-order valence-corrected chi connectivity index (χ0v) is 7.91. The molecule has 0 aliphatic heterocycles. The Labute approximate surface area is 59.1 Å². The van der Waals surface area contributed by atoms with Crippen LogP contribution in [0.15, 0.2) is 0 Å². The molecule has 0 unspecified atom stereocenters. The summed E-state index contributed by atoms with van der Waals surface area (Å²) in [4.78, 5) is 0. The Morgan fingerprint density at radius 2 is 1.56 bits per heavy atom. The average molecular weight is 147 g/mol. The van der Waals surface area contributed by atoms with Gasteiger partial charge in [0.25, 0.3) is 0 Å². The fourth-order valence-corrected chi connectivity index (χ4v) is 2.52. The number of hydrogen-bond acceptors (Lipinski definition) is 1. The fraction of sp³-hybridized carbons (Fsp3) is 0.857. The fourth-order valence-electron chi connectivity index (χ4n) is 0.989. The first-order valence-corrected chi connectivity index (χ1v) is 6.28. The molecular formula is C7H18NP. The van der Waals surface area contributed by atoms with Crippen LogP contribution >= 0.6 is 7.04 Å². The molecule has 1 nitrogen and oxygen atoms in total. The van der Waals surface area contributed by atoms with E-state index in [4.69, 9.17) is 0 Å². The van der Waals surface area contributed by atoms with Crippen molar-refractivity contribution in [2.75, 3.05) is 26.4 Å².